The van der Waals surface area contributed by atoms with Crippen LogP contribution in [0.3, 0.4) is 0 Å². The molecule has 3 rings (SSSR count). The molecule has 1 aromatic carbocycles. The second-order valence-electron chi connectivity index (χ2n) is 6.57. The monoisotopic (exact) mass is 386 g/mol. The lowest BCUT2D eigenvalue weighted by Gasteiger charge is -2.20. The number of Topliss-reactive ketones (excluding diaryl/α,β-unsaturated/α-hetero) is 1. The molecule has 0 saturated heterocycles. The lowest BCUT2D eigenvalue weighted by molar-refractivity contribution is 0.0916. The molecule has 1 aliphatic carbocycles. The van der Waals surface area contributed by atoms with Crippen LogP contribution >= 0.6 is 11.6 Å². The highest BCUT2D eigenvalue weighted by atomic mass is 35.5. The number of nitrogens with zero attached hydrogens (tertiary/aromatic N) is 2. The summed E-state index contributed by atoms with van der Waals surface area (Å²) in [5, 5.41) is 20.5. The molecule has 0 radical (unpaired) electrons. The SMILES string of the molecule is Cc1c(C(=O)COc2ccccc2Cl)c(O)n(C2CCCC2)c(=O)c1C#N. The van der Waals surface area contributed by atoms with Gasteiger partial charge in [-0.1, -0.05) is 36.6 Å². The molecular formula is C20H19ClN2O4. The average molecular weight is 387 g/mol. The van der Waals surface area contributed by atoms with Crippen LogP contribution in [-0.4, -0.2) is 22.1 Å². The van der Waals surface area contributed by atoms with Gasteiger partial charge >= 0.3 is 0 Å². The van der Waals surface area contributed by atoms with Crippen molar-refractivity contribution in [2.24, 2.45) is 0 Å². The van der Waals surface area contributed by atoms with E-state index >= 15 is 0 Å². The van der Waals surface area contributed by atoms with E-state index in [1.165, 1.54) is 11.5 Å². The van der Waals surface area contributed by atoms with Crippen molar-refractivity contribution in [3.63, 3.8) is 0 Å². The van der Waals surface area contributed by atoms with Crippen molar-refractivity contribution in [1.82, 2.24) is 4.57 Å². The Hall–Kier alpha value is -2.78. The van der Waals surface area contributed by atoms with Crippen molar-refractivity contribution < 1.29 is 14.6 Å². The summed E-state index contributed by atoms with van der Waals surface area (Å²) in [6, 6.07) is 8.40. The van der Waals surface area contributed by atoms with E-state index in [9.17, 15) is 20.0 Å². The molecule has 6 nitrogen and oxygen atoms in total. The first-order chi connectivity index (χ1) is 13.0. The van der Waals surface area contributed by atoms with E-state index in [1.54, 1.807) is 24.3 Å². The summed E-state index contributed by atoms with van der Waals surface area (Å²) in [7, 11) is 0. The number of hydrogen-bond donors (Lipinski definition) is 1. The number of pyridine rings is 1. The lowest BCUT2D eigenvalue weighted by atomic mass is 10.0. The second kappa shape index (κ2) is 7.85. The van der Waals surface area contributed by atoms with Crippen molar-refractivity contribution in [2.75, 3.05) is 6.61 Å². The smallest absolute Gasteiger partial charge is 0.271 e. The first-order valence-electron chi connectivity index (χ1n) is 8.74. The van der Waals surface area contributed by atoms with E-state index in [0.717, 1.165) is 25.7 Å². The van der Waals surface area contributed by atoms with E-state index in [4.69, 9.17) is 16.3 Å². The van der Waals surface area contributed by atoms with Gasteiger partial charge in [0.2, 0.25) is 11.7 Å². The first-order valence-corrected chi connectivity index (χ1v) is 9.12. The van der Waals surface area contributed by atoms with Crippen molar-refractivity contribution in [3.05, 3.63) is 56.3 Å². The van der Waals surface area contributed by atoms with Gasteiger partial charge in [-0.2, -0.15) is 5.26 Å². The summed E-state index contributed by atoms with van der Waals surface area (Å²) < 4.78 is 6.66. The average Bonchev–Trinajstić information content (AvgIpc) is 3.15. The van der Waals surface area contributed by atoms with Crippen LogP contribution in [0, 0.1) is 18.3 Å². The summed E-state index contributed by atoms with van der Waals surface area (Å²) in [6.45, 7) is 1.12. The molecule has 1 fully saturated rings. The zero-order valence-corrected chi connectivity index (χ0v) is 15.6. The predicted molar refractivity (Wildman–Crippen MR) is 101 cm³/mol. The number of benzene rings is 1. The van der Waals surface area contributed by atoms with E-state index in [1.807, 2.05) is 6.07 Å². The first kappa shape index (κ1) is 19.0. The van der Waals surface area contributed by atoms with Crippen LogP contribution in [-0.2, 0) is 0 Å². The standard InChI is InChI=1S/C20H19ClN2O4/c1-12-14(10-22)19(25)23(13-6-2-3-7-13)20(26)18(12)16(24)11-27-17-9-5-4-8-15(17)21/h4-5,8-9,13,26H,2-3,6-7,11H2,1H3. The molecule has 0 bridgehead atoms. The Kier molecular flexibility index (Phi) is 5.52. The zero-order chi connectivity index (χ0) is 19.6. The summed E-state index contributed by atoms with van der Waals surface area (Å²) >= 11 is 6.02. The minimum atomic E-state index is -0.553. The number of rotatable bonds is 5. The van der Waals surface area contributed by atoms with Gasteiger partial charge in [-0.15, -0.1) is 0 Å². The Balaban J connectivity index is 2.00. The highest BCUT2D eigenvalue weighted by Gasteiger charge is 2.29. The fraction of sp³-hybridized carbons (Fsp3) is 0.350. The van der Waals surface area contributed by atoms with Crippen LogP contribution in [0.4, 0.5) is 0 Å². The molecule has 140 valence electrons. The number of carbonyl (C=O) groups is 1. The number of carbonyl (C=O) groups excluding carboxylic acids is 1. The van der Waals surface area contributed by atoms with E-state index < -0.39 is 17.2 Å². The predicted octanol–water partition coefficient (Wildman–Crippen LogP) is 3.76. The Morgan fingerprint density at radius 1 is 1.37 bits per heavy atom. The molecule has 2 aromatic rings. The normalized spacial score (nSPS) is 14.1. The number of aromatic hydroxyl groups is 1. The molecule has 0 spiro atoms. The van der Waals surface area contributed by atoms with Crippen LogP contribution in [0.1, 0.15) is 53.2 Å². The van der Waals surface area contributed by atoms with Gasteiger partial charge in [-0.05, 0) is 37.5 Å². The molecule has 0 unspecified atom stereocenters. The minimum Gasteiger partial charge on any atom is -0.494 e. The highest BCUT2D eigenvalue weighted by molar-refractivity contribution is 6.32. The summed E-state index contributed by atoms with van der Waals surface area (Å²) in [6.07, 6.45) is 3.33. The molecule has 1 aliphatic rings. The topological polar surface area (TPSA) is 92.3 Å². The number of nitriles is 1. The molecule has 1 heterocycles. The van der Waals surface area contributed by atoms with E-state index in [0.29, 0.717) is 10.8 Å². The summed E-state index contributed by atoms with van der Waals surface area (Å²) in [4.78, 5) is 25.4. The van der Waals surface area contributed by atoms with Crippen LogP contribution in [0.25, 0.3) is 0 Å². The number of ether oxygens (including phenoxy) is 1. The maximum Gasteiger partial charge on any atom is 0.271 e. The largest absolute Gasteiger partial charge is 0.494 e. The lowest BCUT2D eigenvalue weighted by Crippen LogP contribution is -2.29. The maximum atomic E-state index is 12.8. The maximum absolute atomic E-state index is 12.8. The van der Waals surface area contributed by atoms with E-state index in [2.05, 4.69) is 0 Å². The molecule has 0 aliphatic heterocycles. The highest BCUT2D eigenvalue weighted by Crippen LogP contribution is 2.34. The van der Waals surface area contributed by atoms with Gasteiger partial charge < -0.3 is 9.84 Å². The van der Waals surface area contributed by atoms with Crippen molar-refractivity contribution >= 4 is 17.4 Å². The Morgan fingerprint density at radius 3 is 2.67 bits per heavy atom. The zero-order valence-electron chi connectivity index (χ0n) is 14.9. The number of hydrogen-bond acceptors (Lipinski definition) is 5. The molecule has 1 N–H and O–H groups in total. The number of ketones is 1. The number of halogens is 1. The van der Waals surface area contributed by atoms with Crippen LogP contribution < -0.4 is 10.3 Å². The van der Waals surface area contributed by atoms with Gasteiger partial charge in [0.15, 0.2) is 6.61 Å². The van der Waals surface area contributed by atoms with Crippen molar-refractivity contribution in [1.29, 1.82) is 5.26 Å². The molecular weight excluding hydrogens is 368 g/mol. The van der Waals surface area contributed by atoms with Gasteiger partial charge in [0.25, 0.3) is 5.56 Å². The molecule has 1 aromatic heterocycles. The summed E-state index contributed by atoms with van der Waals surface area (Å²) in [5.74, 6) is -0.571. The third-order valence-corrected chi connectivity index (χ3v) is 5.22. The van der Waals surface area contributed by atoms with E-state index in [-0.39, 0.29) is 29.3 Å². The number of para-hydroxylation sites is 1. The third kappa shape index (κ3) is 3.56. The number of aromatic nitrogens is 1. The van der Waals surface area contributed by atoms with Gasteiger partial charge in [-0.25, -0.2) is 0 Å². The minimum absolute atomic E-state index is 0.0508. The third-order valence-electron chi connectivity index (χ3n) is 4.91. The molecule has 0 atom stereocenters. The molecule has 0 amide bonds. The van der Waals surface area contributed by atoms with Gasteiger partial charge in [-0.3, -0.25) is 14.2 Å². The Bertz CT molecular complexity index is 985. The molecule has 7 heteroatoms. The van der Waals surface area contributed by atoms with Crippen LogP contribution in [0.2, 0.25) is 5.02 Å². The van der Waals surface area contributed by atoms with Crippen molar-refractivity contribution in [2.45, 2.75) is 38.6 Å². The quantitative estimate of drug-likeness (QED) is 0.789. The molecule has 1 saturated carbocycles. The van der Waals surface area contributed by atoms with Crippen molar-refractivity contribution in [3.8, 4) is 17.7 Å². The van der Waals surface area contributed by atoms with Gasteiger partial charge in [0.05, 0.1) is 10.6 Å². The Morgan fingerprint density at radius 2 is 2.04 bits per heavy atom. The second-order valence-corrected chi connectivity index (χ2v) is 6.97. The van der Waals surface area contributed by atoms with Gasteiger partial charge in [0.1, 0.15) is 17.4 Å². The Labute approximate surface area is 161 Å². The van der Waals surface area contributed by atoms with Gasteiger partial charge in [0, 0.05) is 6.04 Å². The van der Waals surface area contributed by atoms with Crippen LogP contribution in [0.15, 0.2) is 29.1 Å². The van der Waals surface area contributed by atoms with Crippen LogP contribution in [0.5, 0.6) is 11.6 Å². The fourth-order valence-electron chi connectivity index (χ4n) is 3.53. The summed E-state index contributed by atoms with van der Waals surface area (Å²) in [5.41, 5.74) is -0.559. The molecule has 27 heavy (non-hydrogen) atoms. The fourth-order valence-corrected chi connectivity index (χ4v) is 3.72.